The van der Waals surface area contributed by atoms with Crippen molar-refractivity contribution in [1.82, 2.24) is 0 Å². The van der Waals surface area contributed by atoms with Crippen LogP contribution in [0.15, 0.2) is 36.4 Å². The number of phenols is 1. The zero-order chi connectivity index (χ0) is 16.8. The van der Waals surface area contributed by atoms with Gasteiger partial charge in [-0.1, -0.05) is 24.6 Å². The molecule has 2 aromatic carbocycles. The van der Waals surface area contributed by atoms with E-state index in [2.05, 4.69) is 5.32 Å². The number of benzene rings is 2. The summed E-state index contributed by atoms with van der Waals surface area (Å²) >= 11 is 6.20. The molecule has 0 aliphatic heterocycles. The Hall–Kier alpha value is -2.40. The van der Waals surface area contributed by atoms with Crippen LogP contribution in [-0.2, 0) is 0 Å². The number of aromatic hydroxyl groups is 1. The second-order valence-corrected chi connectivity index (χ2v) is 5.25. The van der Waals surface area contributed by atoms with Gasteiger partial charge in [0.1, 0.15) is 5.75 Å². The largest absolute Gasteiger partial charge is 0.508 e. The minimum atomic E-state index is -0.363. The Morgan fingerprint density at radius 3 is 2.74 bits per heavy atom. The fourth-order valence-electron chi connectivity index (χ4n) is 1.98. The van der Waals surface area contributed by atoms with E-state index in [1.54, 1.807) is 18.2 Å². The molecule has 0 saturated carbocycles. The maximum Gasteiger partial charge on any atom is 0.255 e. The molecule has 122 valence electrons. The summed E-state index contributed by atoms with van der Waals surface area (Å²) in [7, 11) is 1.49. The molecule has 0 spiro atoms. The zero-order valence-corrected chi connectivity index (χ0v) is 13.7. The third kappa shape index (κ3) is 4.29. The Bertz CT molecular complexity index is 703. The van der Waals surface area contributed by atoms with Crippen molar-refractivity contribution < 1.29 is 19.4 Å². The van der Waals surface area contributed by atoms with Crippen LogP contribution in [0.2, 0.25) is 5.02 Å². The summed E-state index contributed by atoms with van der Waals surface area (Å²) in [6.07, 6.45) is 0.833. The number of hydrogen-bond donors (Lipinski definition) is 2. The van der Waals surface area contributed by atoms with E-state index in [0.717, 1.165) is 6.42 Å². The standard InChI is InChI=1S/C17H18ClNO4/c1-3-7-23-16-14(18)8-11(9-15(16)22-2)17(21)19-12-5-4-6-13(20)10-12/h4-6,8-10,20H,3,7H2,1-2H3,(H,19,21). The lowest BCUT2D eigenvalue weighted by molar-refractivity contribution is 0.102. The Morgan fingerprint density at radius 1 is 1.30 bits per heavy atom. The molecule has 0 atom stereocenters. The number of anilines is 1. The summed E-state index contributed by atoms with van der Waals surface area (Å²) in [5, 5.41) is 12.4. The molecule has 0 heterocycles. The van der Waals surface area contributed by atoms with Gasteiger partial charge in [0.05, 0.1) is 18.7 Å². The summed E-state index contributed by atoms with van der Waals surface area (Å²) in [6, 6.07) is 9.38. The summed E-state index contributed by atoms with van der Waals surface area (Å²) < 4.78 is 10.8. The first-order valence-corrected chi connectivity index (χ1v) is 7.53. The van der Waals surface area contributed by atoms with E-state index in [9.17, 15) is 9.90 Å². The number of ether oxygens (including phenoxy) is 2. The van der Waals surface area contributed by atoms with Crippen LogP contribution in [0.3, 0.4) is 0 Å². The molecule has 2 rings (SSSR count). The lowest BCUT2D eigenvalue weighted by Crippen LogP contribution is -2.12. The first kappa shape index (κ1) is 17.0. The maximum atomic E-state index is 12.3. The molecule has 0 fully saturated rings. The van der Waals surface area contributed by atoms with Crippen molar-refractivity contribution in [3.05, 3.63) is 47.0 Å². The molecule has 0 bridgehead atoms. The fourth-order valence-corrected chi connectivity index (χ4v) is 2.25. The summed E-state index contributed by atoms with van der Waals surface area (Å²) in [5.41, 5.74) is 0.815. The first-order valence-electron chi connectivity index (χ1n) is 7.16. The highest BCUT2D eigenvalue weighted by Gasteiger charge is 2.16. The van der Waals surface area contributed by atoms with E-state index in [1.807, 2.05) is 6.92 Å². The normalized spacial score (nSPS) is 10.2. The van der Waals surface area contributed by atoms with Gasteiger partial charge in [0.15, 0.2) is 11.5 Å². The van der Waals surface area contributed by atoms with Gasteiger partial charge in [-0.3, -0.25) is 4.79 Å². The van der Waals surface area contributed by atoms with Crippen LogP contribution in [0.25, 0.3) is 0 Å². The van der Waals surface area contributed by atoms with Gasteiger partial charge in [-0.2, -0.15) is 0 Å². The molecule has 0 radical (unpaired) electrons. The molecule has 0 aliphatic rings. The number of phenolic OH excluding ortho intramolecular Hbond substituents is 1. The predicted molar refractivity (Wildman–Crippen MR) is 89.9 cm³/mol. The second kappa shape index (κ2) is 7.74. The van der Waals surface area contributed by atoms with Crippen molar-refractivity contribution in [2.45, 2.75) is 13.3 Å². The van der Waals surface area contributed by atoms with Gasteiger partial charge in [-0.15, -0.1) is 0 Å². The van der Waals surface area contributed by atoms with Crippen LogP contribution in [0.4, 0.5) is 5.69 Å². The maximum absolute atomic E-state index is 12.3. The molecule has 0 unspecified atom stereocenters. The van der Waals surface area contributed by atoms with Crippen molar-refractivity contribution in [3.8, 4) is 17.2 Å². The van der Waals surface area contributed by atoms with Gasteiger partial charge < -0.3 is 19.9 Å². The topological polar surface area (TPSA) is 67.8 Å². The third-order valence-electron chi connectivity index (χ3n) is 3.05. The van der Waals surface area contributed by atoms with Crippen LogP contribution in [0.5, 0.6) is 17.2 Å². The van der Waals surface area contributed by atoms with Gasteiger partial charge in [-0.05, 0) is 30.7 Å². The molecule has 23 heavy (non-hydrogen) atoms. The van der Waals surface area contributed by atoms with Crippen LogP contribution >= 0.6 is 11.6 Å². The lowest BCUT2D eigenvalue weighted by Gasteiger charge is -2.14. The average molecular weight is 336 g/mol. The minimum absolute atomic E-state index is 0.0710. The Morgan fingerprint density at radius 2 is 2.09 bits per heavy atom. The number of hydrogen-bond acceptors (Lipinski definition) is 4. The van der Waals surface area contributed by atoms with E-state index in [0.29, 0.717) is 34.4 Å². The van der Waals surface area contributed by atoms with Crippen molar-refractivity contribution in [2.24, 2.45) is 0 Å². The fraction of sp³-hybridized carbons (Fsp3) is 0.235. The number of halogens is 1. The van der Waals surface area contributed by atoms with Crippen molar-refractivity contribution in [3.63, 3.8) is 0 Å². The SMILES string of the molecule is CCCOc1c(Cl)cc(C(=O)Nc2cccc(O)c2)cc1OC. The van der Waals surface area contributed by atoms with E-state index in [1.165, 1.54) is 25.3 Å². The van der Waals surface area contributed by atoms with Crippen LogP contribution in [0, 0.1) is 0 Å². The van der Waals surface area contributed by atoms with Gasteiger partial charge >= 0.3 is 0 Å². The van der Waals surface area contributed by atoms with Gasteiger partial charge in [0.25, 0.3) is 5.91 Å². The molecule has 0 saturated heterocycles. The molecule has 6 heteroatoms. The third-order valence-corrected chi connectivity index (χ3v) is 3.33. The van der Waals surface area contributed by atoms with Crippen LogP contribution in [-0.4, -0.2) is 24.7 Å². The number of carbonyl (C=O) groups excluding carboxylic acids is 1. The molecule has 0 aliphatic carbocycles. The quantitative estimate of drug-likeness (QED) is 0.834. The molecular weight excluding hydrogens is 318 g/mol. The molecule has 1 amide bonds. The molecule has 2 aromatic rings. The van der Waals surface area contributed by atoms with E-state index < -0.39 is 0 Å². The number of nitrogens with one attached hydrogen (secondary N) is 1. The number of carbonyl (C=O) groups is 1. The van der Waals surface area contributed by atoms with Gasteiger partial charge in [0.2, 0.25) is 0 Å². The van der Waals surface area contributed by atoms with Gasteiger partial charge in [-0.25, -0.2) is 0 Å². The monoisotopic (exact) mass is 335 g/mol. The smallest absolute Gasteiger partial charge is 0.255 e. The second-order valence-electron chi connectivity index (χ2n) is 4.84. The number of methoxy groups -OCH3 is 1. The van der Waals surface area contributed by atoms with Gasteiger partial charge in [0, 0.05) is 17.3 Å². The lowest BCUT2D eigenvalue weighted by atomic mass is 10.1. The van der Waals surface area contributed by atoms with Crippen LogP contribution < -0.4 is 14.8 Å². The summed E-state index contributed by atoms with van der Waals surface area (Å²) in [4.78, 5) is 12.3. The summed E-state index contributed by atoms with van der Waals surface area (Å²) in [5.74, 6) is 0.525. The molecule has 5 nitrogen and oxygen atoms in total. The Balaban J connectivity index is 2.25. The summed E-state index contributed by atoms with van der Waals surface area (Å²) in [6.45, 7) is 2.49. The number of rotatable bonds is 6. The van der Waals surface area contributed by atoms with E-state index in [4.69, 9.17) is 21.1 Å². The molecular formula is C17H18ClNO4. The minimum Gasteiger partial charge on any atom is -0.508 e. The number of amides is 1. The van der Waals surface area contributed by atoms with Crippen molar-refractivity contribution in [1.29, 1.82) is 0 Å². The highest BCUT2D eigenvalue weighted by atomic mass is 35.5. The highest BCUT2D eigenvalue weighted by Crippen LogP contribution is 2.36. The van der Waals surface area contributed by atoms with Crippen molar-refractivity contribution >= 4 is 23.2 Å². The Kier molecular flexibility index (Phi) is 5.71. The van der Waals surface area contributed by atoms with E-state index in [-0.39, 0.29) is 11.7 Å². The highest BCUT2D eigenvalue weighted by molar-refractivity contribution is 6.32. The predicted octanol–water partition coefficient (Wildman–Crippen LogP) is 4.10. The molecule has 2 N–H and O–H groups in total. The van der Waals surface area contributed by atoms with E-state index >= 15 is 0 Å². The average Bonchev–Trinajstić information content (AvgIpc) is 2.53. The first-order chi connectivity index (χ1) is 11.0. The Labute approximate surface area is 139 Å². The van der Waals surface area contributed by atoms with Crippen LogP contribution in [0.1, 0.15) is 23.7 Å². The molecule has 0 aromatic heterocycles. The van der Waals surface area contributed by atoms with Crippen molar-refractivity contribution in [2.75, 3.05) is 19.0 Å². The zero-order valence-electron chi connectivity index (χ0n) is 12.9.